The molecule has 1 aliphatic carbocycles. The van der Waals surface area contributed by atoms with Crippen molar-refractivity contribution in [3.8, 4) is 0 Å². The number of carboxylic acid groups (broad SMARTS) is 1. The van der Waals surface area contributed by atoms with Gasteiger partial charge in [-0.3, -0.25) is 14.4 Å². The standard InChI is InChI=1S/C15H16N2O4/c1-17-11-4-3-10(8-9(11)2-5-12(17)18)16-13(19)15(6-7-15)14(20)21/h3-4,8H,2,5-7H2,1H3,(H,16,19)(H,20,21). The van der Waals surface area contributed by atoms with Crippen molar-refractivity contribution in [3.05, 3.63) is 23.8 Å². The van der Waals surface area contributed by atoms with Gasteiger partial charge in [0.05, 0.1) is 0 Å². The quantitative estimate of drug-likeness (QED) is 0.823. The Bertz CT molecular complexity index is 649. The molecular formula is C15H16N2O4. The Morgan fingerprint density at radius 2 is 2.00 bits per heavy atom. The molecule has 1 aromatic carbocycles. The molecule has 0 atom stereocenters. The van der Waals surface area contributed by atoms with Gasteiger partial charge < -0.3 is 15.3 Å². The molecule has 2 aliphatic rings. The highest BCUT2D eigenvalue weighted by Crippen LogP contribution is 2.46. The topological polar surface area (TPSA) is 86.7 Å². The summed E-state index contributed by atoms with van der Waals surface area (Å²) in [5.41, 5.74) is 1.15. The Kier molecular flexibility index (Phi) is 2.97. The lowest BCUT2D eigenvalue weighted by atomic mass is 10.0. The third kappa shape index (κ3) is 2.16. The first-order valence-electron chi connectivity index (χ1n) is 6.88. The normalized spacial score (nSPS) is 18.9. The second kappa shape index (κ2) is 4.58. The number of nitrogens with zero attached hydrogens (tertiary/aromatic N) is 1. The number of benzene rings is 1. The molecule has 0 unspecified atom stereocenters. The largest absolute Gasteiger partial charge is 0.480 e. The van der Waals surface area contributed by atoms with Crippen LogP contribution in [0.25, 0.3) is 0 Å². The fraction of sp³-hybridized carbons (Fsp3) is 0.400. The van der Waals surface area contributed by atoms with Crippen LogP contribution in [0.2, 0.25) is 0 Å². The highest BCUT2D eigenvalue weighted by molar-refractivity contribution is 6.11. The van der Waals surface area contributed by atoms with Gasteiger partial charge in [-0.15, -0.1) is 0 Å². The number of anilines is 2. The minimum Gasteiger partial charge on any atom is -0.480 e. The van der Waals surface area contributed by atoms with Crippen molar-refractivity contribution < 1.29 is 19.5 Å². The second-order valence-corrected chi connectivity index (χ2v) is 5.64. The Morgan fingerprint density at radius 3 is 2.62 bits per heavy atom. The van der Waals surface area contributed by atoms with E-state index in [0.29, 0.717) is 31.4 Å². The van der Waals surface area contributed by atoms with Crippen LogP contribution in [0.5, 0.6) is 0 Å². The predicted octanol–water partition coefficient (Wildman–Crippen LogP) is 1.40. The zero-order valence-electron chi connectivity index (χ0n) is 11.7. The number of carboxylic acids is 1. The summed E-state index contributed by atoms with van der Waals surface area (Å²) in [6.07, 6.45) is 1.85. The van der Waals surface area contributed by atoms with Gasteiger partial charge in [-0.25, -0.2) is 0 Å². The Hall–Kier alpha value is -2.37. The molecule has 6 nitrogen and oxygen atoms in total. The smallest absolute Gasteiger partial charge is 0.319 e. The molecule has 1 fully saturated rings. The fourth-order valence-electron chi connectivity index (χ4n) is 2.65. The van der Waals surface area contributed by atoms with E-state index in [1.54, 1.807) is 24.1 Å². The molecule has 0 bridgehead atoms. The average molecular weight is 288 g/mol. The molecule has 1 saturated carbocycles. The minimum absolute atomic E-state index is 0.0714. The van der Waals surface area contributed by atoms with E-state index < -0.39 is 17.3 Å². The molecule has 1 aromatic rings. The van der Waals surface area contributed by atoms with E-state index in [1.807, 2.05) is 6.07 Å². The summed E-state index contributed by atoms with van der Waals surface area (Å²) in [5.74, 6) is -1.46. The van der Waals surface area contributed by atoms with E-state index in [9.17, 15) is 14.4 Å². The molecule has 1 aliphatic heterocycles. The monoisotopic (exact) mass is 288 g/mol. The van der Waals surface area contributed by atoms with E-state index >= 15 is 0 Å². The van der Waals surface area contributed by atoms with E-state index in [4.69, 9.17) is 5.11 Å². The maximum absolute atomic E-state index is 12.1. The molecule has 2 amide bonds. The summed E-state index contributed by atoms with van der Waals surface area (Å²) >= 11 is 0. The van der Waals surface area contributed by atoms with Gasteiger partial charge in [-0.2, -0.15) is 0 Å². The molecule has 110 valence electrons. The number of hydrogen-bond donors (Lipinski definition) is 2. The number of aryl methyl sites for hydroxylation is 1. The summed E-state index contributed by atoms with van der Waals surface area (Å²) in [7, 11) is 1.72. The zero-order valence-corrected chi connectivity index (χ0v) is 11.7. The van der Waals surface area contributed by atoms with Gasteiger partial charge in [0, 0.05) is 24.8 Å². The van der Waals surface area contributed by atoms with Crippen LogP contribution in [-0.2, 0) is 20.8 Å². The van der Waals surface area contributed by atoms with Crippen molar-refractivity contribution in [2.45, 2.75) is 25.7 Å². The fourth-order valence-corrected chi connectivity index (χ4v) is 2.65. The number of carbonyl (C=O) groups is 3. The molecule has 0 saturated heterocycles. The SMILES string of the molecule is CN1C(=O)CCc2cc(NC(=O)C3(C(=O)O)CC3)ccc21. The molecule has 2 N–H and O–H groups in total. The summed E-state index contributed by atoms with van der Waals surface area (Å²) in [4.78, 5) is 36.4. The van der Waals surface area contributed by atoms with Crippen LogP contribution in [0.3, 0.4) is 0 Å². The van der Waals surface area contributed by atoms with Gasteiger partial charge >= 0.3 is 5.97 Å². The van der Waals surface area contributed by atoms with Crippen LogP contribution < -0.4 is 10.2 Å². The lowest BCUT2D eigenvalue weighted by Crippen LogP contribution is -2.32. The van der Waals surface area contributed by atoms with Gasteiger partial charge in [0.1, 0.15) is 5.41 Å². The number of amides is 2. The third-order valence-corrected chi connectivity index (χ3v) is 4.28. The molecule has 0 spiro atoms. The first-order valence-corrected chi connectivity index (χ1v) is 6.88. The number of rotatable bonds is 3. The van der Waals surface area contributed by atoms with Gasteiger partial charge in [0.25, 0.3) is 0 Å². The molecular weight excluding hydrogens is 272 g/mol. The highest BCUT2D eigenvalue weighted by atomic mass is 16.4. The maximum Gasteiger partial charge on any atom is 0.319 e. The predicted molar refractivity (Wildman–Crippen MR) is 76.1 cm³/mol. The lowest BCUT2D eigenvalue weighted by molar-refractivity contribution is -0.147. The van der Waals surface area contributed by atoms with Crippen LogP contribution in [0, 0.1) is 5.41 Å². The highest BCUT2D eigenvalue weighted by Gasteiger charge is 2.57. The summed E-state index contributed by atoms with van der Waals surface area (Å²) in [6.45, 7) is 0. The van der Waals surface area contributed by atoms with Crippen LogP contribution >= 0.6 is 0 Å². The van der Waals surface area contributed by atoms with E-state index in [-0.39, 0.29) is 5.91 Å². The van der Waals surface area contributed by atoms with Gasteiger partial charge in [0.15, 0.2) is 0 Å². The van der Waals surface area contributed by atoms with Crippen molar-refractivity contribution in [2.24, 2.45) is 5.41 Å². The first kappa shape index (κ1) is 13.6. The summed E-state index contributed by atoms with van der Waals surface area (Å²) in [6, 6.07) is 5.29. The molecule has 6 heteroatoms. The van der Waals surface area contributed by atoms with E-state index in [2.05, 4.69) is 5.32 Å². The Balaban J connectivity index is 1.81. The van der Waals surface area contributed by atoms with Crippen molar-refractivity contribution in [2.75, 3.05) is 17.3 Å². The van der Waals surface area contributed by atoms with Crippen LogP contribution in [0.15, 0.2) is 18.2 Å². The number of aliphatic carboxylic acids is 1. The van der Waals surface area contributed by atoms with Gasteiger partial charge in [-0.05, 0) is 43.0 Å². The first-order chi connectivity index (χ1) is 9.94. The maximum atomic E-state index is 12.1. The molecule has 21 heavy (non-hydrogen) atoms. The molecule has 0 radical (unpaired) electrons. The Morgan fingerprint density at radius 1 is 1.29 bits per heavy atom. The molecule has 3 rings (SSSR count). The van der Waals surface area contributed by atoms with Crippen molar-refractivity contribution in [3.63, 3.8) is 0 Å². The zero-order chi connectivity index (χ0) is 15.2. The van der Waals surface area contributed by atoms with Crippen LogP contribution in [0.1, 0.15) is 24.8 Å². The Labute approximate surface area is 121 Å². The number of carbonyl (C=O) groups excluding carboxylic acids is 2. The average Bonchev–Trinajstić information content (AvgIpc) is 3.25. The molecule has 1 heterocycles. The summed E-state index contributed by atoms with van der Waals surface area (Å²) in [5, 5.41) is 11.8. The van der Waals surface area contributed by atoms with Gasteiger partial charge in [-0.1, -0.05) is 0 Å². The summed E-state index contributed by atoms with van der Waals surface area (Å²) < 4.78 is 0. The van der Waals surface area contributed by atoms with Crippen molar-refractivity contribution in [1.29, 1.82) is 0 Å². The van der Waals surface area contributed by atoms with E-state index in [0.717, 1.165) is 11.3 Å². The van der Waals surface area contributed by atoms with Crippen molar-refractivity contribution >= 4 is 29.2 Å². The van der Waals surface area contributed by atoms with Crippen LogP contribution in [-0.4, -0.2) is 29.9 Å². The second-order valence-electron chi connectivity index (χ2n) is 5.64. The third-order valence-electron chi connectivity index (χ3n) is 4.28. The number of hydrogen-bond acceptors (Lipinski definition) is 3. The lowest BCUT2D eigenvalue weighted by Gasteiger charge is -2.26. The van der Waals surface area contributed by atoms with Crippen molar-refractivity contribution in [1.82, 2.24) is 0 Å². The van der Waals surface area contributed by atoms with Gasteiger partial charge in [0.2, 0.25) is 11.8 Å². The van der Waals surface area contributed by atoms with Crippen LogP contribution in [0.4, 0.5) is 11.4 Å². The number of nitrogens with one attached hydrogen (secondary N) is 1. The number of fused-ring (bicyclic) bond motifs is 1. The molecule has 0 aromatic heterocycles. The minimum atomic E-state index is -1.25. The van der Waals surface area contributed by atoms with E-state index in [1.165, 1.54) is 0 Å².